The van der Waals surface area contributed by atoms with Gasteiger partial charge in [0, 0.05) is 56.5 Å². The summed E-state index contributed by atoms with van der Waals surface area (Å²) in [6.45, 7) is 11.7. The SMILES string of the molecule is CCC(C)/C1=C/CC(F)/C=N\C(C)C(C(=O)NC2CNCC(F)C2N2CCC(C(=O)N3CC(N4CCCC4)C3)CC2)C(N)N1. The van der Waals surface area contributed by atoms with Crippen LogP contribution in [0.1, 0.15) is 59.3 Å². The maximum atomic E-state index is 15.6. The van der Waals surface area contributed by atoms with Gasteiger partial charge in [0.1, 0.15) is 12.3 Å². The van der Waals surface area contributed by atoms with E-state index in [0.717, 1.165) is 38.3 Å². The molecule has 2 amide bonds. The Labute approximate surface area is 261 Å². The fourth-order valence-corrected chi connectivity index (χ4v) is 7.65. The van der Waals surface area contributed by atoms with Crippen molar-refractivity contribution in [3.8, 4) is 0 Å². The number of hydrogen-bond donors (Lipinski definition) is 4. The van der Waals surface area contributed by atoms with Crippen LogP contribution in [0.15, 0.2) is 16.8 Å². The first-order valence-electron chi connectivity index (χ1n) is 17.0. The van der Waals surface area contributed by atoms with Gasteiger partial charge < -0.3 is 26.6 Å². The van der Waals surface area contributed by atoms with Crippen LogP contribution in [0.3, 0.4) is 0 Å². The average Bonchev–Trinajstić information content (AvgIpc) is 3.51. The molecule has 5 rings (SSSR count). The number of nitrogens with two attached hydrogens (primary N) is 1. The van der Waals surface area contributed by atoms with Gasteiger partial charge in [0.2, 0.25) is 11.8 Å². The fraction of sp³-hybridized carbons (Fsp3) is 0.844. The molecule has 4 saturated heterocycles. The molecule has 0 aromatic heterocycles. The van der Waals surface area contributed by atoms with Crippen LogP contribution in [0.2, 0.25) is 0 Å². The van der Waals surface area contributed by atoms with Gasteiger partial charge in [0.25, 0.3) is 0 Å². The summed E-state index contributed by atoms with van der Waals surface area (Å²) in [5.74, 6) is -0.772. The number of hydrogen-bond acceptors (Lipinski definition) is 8. The van der Waals surface area contributed by atoms with Gasteiger partial charge in [0.15, 0.2) is 0 Å². The summed E-state index contributed by atoms with van der Waals surface area (Å²) in [4.78, 5) is 38.1. The number of halogens is 2. The van der Waals surface area contributed by atoms with E-state index < -0.39 is 42.6 Å². The van der Waals surface area contributed by atoms with Gasteiger partial charge in [-0.05, 0) is 71.1 Å². The van der Waals surface area contributed by atoms with Crippen LogP contribution in [0, 0.1) is 17.8 Å². The molecule has 10 nitrogen and oxygen atoms in total. The third-order valence-corrected chi connectivity index (χ3v) is 10.7. The molecule has 0 spiro atoms. The topological polar surface area (TPSA) is 118 Å². The highest BCUT2D eigenvalue weighted by Gasteiger charge is 2.44. The molecular weight excluding hydrogens is 566 g/mol. The molecule has 8 atom stereocenters. The highest BCUT2D eigenvalue weighted by molar-refractivity contribution is 5.81. The minimum absolute atomic E-state index is 0.0311. The van der Waals surface area contributed by atoms with E-state index in [1.54, 1.807) is 6.92 Å². The molecule has 5 aliphatic heterocycles. The van der Waals surface area contributed by atoms with Crippen molar-refractivity contribution < 1.29 is 18.4 Å². The molecule has 248 valence electrons. The number of aliphatic imine (C=N–C) groups is 1. The largest absolute Gasteiger partial charge is 0.373 e. The van der Waals surface area contributed by atoms with Crippen LogP contribution in [-0.2, 0) is 9.59 Å². The van der Waals surface area contributed by atoms with Gasteiger partial charge in [0.05, 0.1) is 30.2 Å². The van der Waals surface area contributed by atoms with E-state index in [1.807, 2.05) is 17.9 Å². The predicted molar refractivity (Wildman–Crippen MR) is 169 cm³/mol. The maximum absolute atomic E-state index is 15.6. The molecule has 5 aliphatic rings. The summed E-state index contributed by atoms with van der Waals surface area (Å²) in [5, 5.41) is 9.53. The van der Waals surface area contributed by atoms with Crippen LogP contribution in [0.25, 0.3) is 0 Å². The fourth-order valence-electron chi connectivity index (χ4n) is 7.65. The Balaban J connectivity index is 1.20. The van der Waals surface area contributed by atoms with Crippen LogP contribution < -0.4 is 21.7 Å². The van der Waals surface area contributed by atoms with Crippen molar-refractivity contribution in [2.24, 2.45) is 28.5 Å². The van der Waals surface area contributed by atoms with Gasteiger partial charge in [-0.3, -0.25) is 24.4 Å². The van der Waals surface area contributed by atoms with Crippen molar-refractivity contribution in [2.75, 3.05) is 52.4 Å². The average molecular weight is 621 g/mol. The minimum Gasteiger partial charge on any atom is -0.373 e. The third kappa shape index (κ3) is 7.62. The van der Waals surface area contributed by atoms with Crippen LogP contribution in [0.4, 0.5) is 8.78 Å². The summed E-state index contributed by atoms with van der Waals surface area (Å²) in [7, 11) is 0. The quantitative estimate of drug-likeness (QED) is 0.340. The standard InChI is InChI=1S/C32H54F2N8O2/c1-4-20(2)26-8-7-23(33)15-37-21(3)28(30(35)38-26)31(43)39-27-17-36-16-25(34)29(27)41-13-9-22(10-14-41)32(44)42-18-24(19-42)40-11-5-6-12-40/h8,15,20-25,27-30,36,38H,4-7,9-14,16-19,35H2,1-3H3,(H,39,43)/b26-8-,37-15-. The number of nitrogens with one attached hydrogen (secondary N) is 3. The normalized spacial score (nSPS) is 37.7. The molecule has 12 heteroatoms. The van der Waals surface area contributed by atoms with Crippen molar-refractivity contribution in [3.05, 3.63) is 11.8 Å². The van der Waals surface area contributed by atoms with E-state index in [0.29, 0.717) is 38.5 Å². The van der Waals surface area contributed by atoms with E-state index >= 15 is 4.39 Å². The Morgan fingerprint density at radius 2 is 1.82 bits per heavy atom. The molecule has 5 heterocycles. The lowest BCUT2D eigenvalue weighted by molar-refractivity contribution is -0.144. The smallest absolute Gasteiger partial charge is 0.229 e. The second-order valence-electron chi connectivity index (χ2n) is 13.7. The summed E-state index contributed by atoms with van der Waals surface area (Å²) in [5.41, 5.74) is 7.42. The number of carbonyl (C=O) groups excluding carboxylic acids is 2. The number of allylic oxidation sites excluding steroid dienone is 2. The molecule has 0 aromatic carbocycles. The number of amides is 2. The Bertz CT molecular complexity index is 1040. The number of rotatable bonds is 7. The molecule has 0 radical (unpaired) electrons. The Kier molecular flexibility index (Phi) is 11.3. The molecule has 0 bridgehead atoms. The van der Waals surface area contributed by atoms with Gasteiger partial charge in [-0.1, -0.05) is 19.9 Å². The number of piperidine rings is 2. The van der Waals surface area contributed by atoms with E-state index in [1.165, 1.54) is 19.1 Å². The molecule has 44 heavy (non-hydrogen) atoms. The Morgan fingerprint density at radius 3 is 2.50 bits per heavy atom. The van der Waals surface area contributed by atoms with Crippen LogP contribution in [0.5, 0.6) is 0 Å². The Morgan fingerprint density at radius 1 is 1.11 bits per heavy atom. The van der Waals surface area contributed by atoms with Crippen molar-refractivity contribution in [3.63, 3.8) is 0 Å². The lowest BCUT2D eigenvalue weighted by atomic mass is 9.88. The molecule has 4 fully saturated rings. The summed E-state index contributed by atoms with van der Waals surface area (Å²) >= 11 is 0. The van der Waals surface area contributed by atoms with Crippen LogP contribution in [-0.4, -0.2) is 128 Å². The van der Waals surface area contributed by atoms with Crippen molar-refractivity contribution >= 4 is 18.0 Å². The van der Waals surface area contributed by atoms with E-state index in [2.05, 4.69) is 37.7 Å². The number of nitrogens with zero attached hydrogens (tertiary/aromatic N) is 4. The zero-order valence-corrected chi connectivity index (χ0v) is 26.8. The summed E-state index contributed by atoms with van der Waals surface area (Å²) in [6, 6.07) is -1.05. The highest BCUT2D eigenvalue weighted by atomic mass is 19.1. The number of carbonyl (C=O) groups is 2. The van der Waals surface area contributed by atoms with Gasteiger partial charge in [-0.15, -0.1) is 0 Å². The van der Waals surface area contributed by atoms with Crippen LogP contribution >= 0.6 is 0 Å². The summed E-state index contributed by atoms with van der Waals surface area (Å²) < 4.78 is 30.1. The predicted octanol–water partition coefficient (Wildman–Crippen LogP) is 1.42. The zero-order chi connectivity index (χ0) is 31.4. The zero-order valence-electron chi connectivity index (χ0n) is 26.8. The van der Waals surface area contributed by atoms with Gasteiger partial charge >= 0.3 is 0 Å². The van der Waals surface area contributed by atoms with E-state index in [9.17, 15) is 14.0 Å². The molecular formula is C32H54F2N8O2. The van der Waals surface area contributed by atoms with E-state index in [-0.39, 0.29) is 36.6 Å². The first kappa shape index (κ1) is 33.2. The van der Waals surface area contributed by atoms with Crippen molar-refractivity contribution in [1.29, 1.82) is 0 Å². The number of likely N-dealkylation sites (tertiary alicyclic amines) is 3. The lowest BCUT2D eigenvalue weighted by Crippen LogP contribution is -2.67. The molecule has 0 aromatic rings. The molecule has 0 saturated carbocycles. The highest BCUT2D eigenvalue weighted by Crippen LogP contribution is 2.29. The minimum atomic E-state index is -1.25. The third-order valence-electron chi connectivity index (χ3n) is 10.7. The van der Waals surface area contributed by atoms with E-state index in [4.69, 9.17) is 5.73 Å². The first-order valence-corrected chi connectivity index (χ1v) is 17.0. The van der Waals surface area contributed by atoms with Gasteiger partial charge in [-0.25, -0.2) is 8.78 Å². The second kappa shape index (κ2) is 15.0. The lowest BCUT2D eigenvalue weighted by Gasteiger charge is -2.48. The molecule has 5 N–H and O–H groups in total. The Hall–Kier alpha value is -2.15. The summed E-state index contributed by atoms with van der Waals surface area (Å²) in [6.07, 6.45) is 4.85. The second-order valence-corrected chi connectivity index (χ2v) is 13.7. The number of alkyl halides is 2. The monoisotopic (exact) mass is 620 g/mol. The molecule has 8 unspecified atom stereocenters. The first-order chi connectivity index (χ1) is 21.2. The molecule has 0 aliphatic carbocycles. The van der Waals surface area contributed by atoms with Gasteiger partial charge in [-0.2, -0.15) is 0 Å². The van der Waals surface area contributed by atoms with Crippen molar-refractivity contribution in [1.82, 2.24) is 30.7 Å². The maximum Gasteiger partial charge on any atom is 0.229 e. The van der Waals surface area contributed by atoms with Crippen molar-refractivity contribution in [2.45, 2.75) is 102 Å².